The molecule has 0 aliphatic heterocycles. The molecule has 17 heavy (non-hydrogen) atoms. The molecule has 0 atom stereocenters. The summed E-state index contributed by atoms with van der Waals surface area (Å²) in [5, 5.41) is 11.9. The van der Waals surface area contributed by atoms with E-state index in [2.05, 4.69) is 6.58 Å². The lowest BCUT2D eigenvalue weighted by atomic mass is 10.0. The molecular formula is C15H13O2. The van der Waals surface area contributed by atoms with Gasteiger partial charge in [0.2, 0.25) is 0 Å². The van der Waals surface area contributed by atoms with E-state index in [0.29, 0.717) is 17.9 Å². The van der Waals surface area contributed by atoms with Crippen LogP contribution < -0.4 is 4.74 Å². The Labute approximate surface area is 101 Å². The van der Waals surface area contributed by atoms with Gasteiger partial charge in [-0.05, 0) is 17.7 Å². The van der Waals surface area contributed by atoms with Gasteiger partial charge in [0, 0.05) is 0 Å². The maximum atomic E-state index is 11.9. The summed E-state index contributed by atoms with van der Waals surface area (Å²) >= 11 is 0. The Balaban J connectivity index is 2.47. The van der Waals surface area contributed by atoms with E-state index in [1.165, 1.54) is 0 Å². The van der Waals surface area contributed by atoms with E-state index in [4.69, 9.17) is 4.74 Å². The van der Waals surface area contributed by atoms with E-state index in [1.54, 1.807) is 24.3 Å². The summed E-state index contributed by atoms with van der Waals surface area (Å²) in [5.74, 6) is 0.571. The second-order valence-electron chi connectivity index (χ2n) is 3.59. The lowest BCUT2D eigenvalue weighted by Gasteiger charge is -2.10. The second-order valence-corrected chi connectivity index (χ2v) is 3.59. The fourth-order valence-electron chi connectivity index (χ4n) is 1.67. The largest absolute Gasteiger partial charge is 0.489 e. The van der Waals surface area contributed by atoms with Gasteiger partial charge in [0.05, 0.1) is 5.56 Å². The van der Waals surface area contributed by atoms with Gasteiger partial charge in [-0.1, -0.05) is 49.1 Å². The monoisotopic (exact) mass is 225 g/mol. The predicted molar refractivity (Wildman–Crippen MR) is 67.7 cm³/mol. The highest BCUT2D eigenvalue weighted by Gasteiger charge is 2.11. The van der Waals surface area contributed by atoms with E-state index in [9.17, 15) is 5.11 Å². The molecule has 2 heteroatoms. The van der Waals surface area contributed by atoms with Crippen LogP contribution in [0.5, 0.6) is 11.5 Å². The van der Waals surface area contributed by atoms with Crippen molar-refractivity contribution < 1.29 is 9.84 Å². The molecule has 0 aromatic heterocycles. The van der Waals surface area contributed by atoms with Crippen LogP contribution in [-0.4, -0.2) is 6.61 Å². The van der Waals surface area contributed by atoms with E-state index >= 15 is 0 Å². The first-order chi connectivity index (χ1) is 8.33. The van der Waals surface area contributed by atoms with Crippen molar-refractivity contribution in [3.05, 3.63) is 61.2 Å². The van der Waals surface area contributed by atoms with Crippen molar-refractivity contribution in [2.75, 3.05) is 6.61 Å². The number of hydrogen-bond acceptors (Lipinski definition) is 1. The van der Waals surface area contributed by atoms with Crippen molar-refractivity contribution in [1.82, 2.24) is 0 Å². The molecule has 0 spiro atoms. The molecule has 0 unspecified atom stereocenters. The topological polar surface area (TPSA) is 29.1 Å². The summed E-state index contributed by atoms with van der Waals surface area (Å²) in [7, 11) is 0. The fourth-order valence-corrected chi connectivity index (χ4v) is 1.67. The third-order valence-corrected chi connectivity index (χ3v) is 2.41. The Morgan fingerprint density at radius 1 is 1.06 bits per heavy atom. The Morgan fingerprint density at radius 3 is 2.53 bits per heavy atom. The van der Waals surface area contributed by atoms with E-state index in [0.717, 1.165) is 5.56 Å². The zero-order valence-electron chi connectivity index (χ0n) is 9.43. The van der Waals surface area contributed by atoms with Crippen LogP contribution in [0.25, 0.3) is 11.1 Å². The molecule has 0 heterocycles. The second kappa shape index (κ2) is 5.21. The van der Waals surface area contributed by atoms with E-state index in [-0.39, 0.29) is 5.75 Å². The van der Waals surface area contributed by atoms with Crippen molar-refractivity contribution in [3.8, 4) is 22.6 Å². The summed E-state index contributed by atoms with van der Waals surface area (Å²) in [5.41, 5.74) is 1.48. The average molecular weight is 225 g/mol. The quantitative estimate of drug-likeness (QED) is 0.721. The highest BCUT2D eigenvalue weighted by molar-refractivity contribution is 5.76. The van der Waals surface area contributed by atoms with Crippen molar-refractivity contribution in [2.24, 2.45) is 0 Å². The molecule has 2 rings (SSSR count). The molecule has 0 bridgehead atoms. The summed E-state index contributed by atoms with van der Waals surface area (Å²) in [4.78, 5) is 0. The van der Waals surface area contributed by atoms with Gasteiger partial charge < -0.3 is 4.74 Å². The highest BCUT2D eigenvalue weighted by atomic mass is 16.5. The first-order valence-corrected chi connectivity index (χ1v) is 5.42. The van der Waals surface area contributed by atoms with Gasteiger partial charge in [0.25, 0.3) is 0 Å². The molecule has 0 fully saturated rings. The van der Waals surface area contributed by atoms with Crippen molar-refractivity contribution in [2.45, 2.75) is 0 Å². The van der Waals surface area contributed by atoms with Crippen molar-refractivity contribution in [3.63, 3.8) is 0 Å². The molecule has 0 aliphatic rings. The van der Waals surface area contributed by atoms with E-state index in [1.807, 2.05) is 30.3 Å². The van der Waals surface area contributed by atoms with Crippen LogP contribution >= 0.6 is 0 Å². The Morgan fingerprint density at radius 2 is 1.82 bits per heavy atom. The van der Waals surface area contributed by atoms with Crippen LogP contribution in [-0.2, 0) is 5.11 Å². The minimum atomic E-state index is -0.0298. The maximum absolute atomic E-state index is 11.9. The standard InChI is InChI=1S/C15H13O2/c1-2-11-17-14-10-6-9-13(16)15(14)12-7-4-3-5-8-12/h2-10H,1,11H2. The van der Waals surface area contributed by atoms with Gasteiger partial charge in [-0.25, -0.2) is 0 Å². The molecule has 0 amide bonds. The average Bonchev–Trinajstić information content (AvgIpc) is 2.37. The van der Waals surface area contributed by atoms with Crippen molar-refractivity contribution in [1.29, 1.82) is 0 Å². The Kier molecular flexibility index (Phi) is 3.46. The van der Waals surface area contributed by atoms with Gasteiger partial charge in [0.15, 0.2) is 5.75 Å². The van der Waals surface area contributed by atoms with Gasteiger partial charge in [-0.15, -0.1) is 0 Å². The molecule has 0 N–H and O–H groups in total. The van der Waals surface area contributed by atoms with Crippen LogP contribution in [0.3, 0.4) is 0 Å². The van der Waals surface area contributed by atoms with Gasteiger partial charge in [0.1, 0.15) is 12.4 Å². The van der Waals surface area contributed by atoms with Gasteiger partial charge >= 0.3 is 0 Å². The van der Waals surface area contributed by atoms with Gasteiger partial charge in [-0.2, -0.15) is 0 Å². The zero-order chi connectivity index (χ0) is 12.1. The van der Waals surface area contributed by atoms with Crippen molar-refractivity contribution >= 4 is 0 Å². The lowest BCUT2D eigenvalue weighted by molar-refractivity contribution is 0.342. The molecule has 0 aliphatic carbocycles. The summed E-state index contributed by atoms with van der Waals surface area (Å²) in [6.45, 7) is 3.99. The summed E-state index contributed by atoms with van der Waals surface area (Å²) in [6.07, 6.45) is 1.66. The zero-order valence-corrected chi connectivity index (χ0v) is 9.43. The first-order valence-electron chi connectivity index (χ1n) is 5.42. The number of hydrogen-bond donors (Lipinski definition) is 0. The number of rotatable bonds is 4. The highest BCUT2D eigenvalue weighted by Crippen LogP contribution is 2.37. The lowest BCUT2D eigenvalue weighted by Crippen LogP contribution is -1.95. The van der Waals surface area contributed by atoms with Crippen LogP contribution in [0.4, 0.5) is 0 Å². The molecule has 0 saturated heterocycles. The molecule has 85 valence electrons. The fraction of sp³-hybridized carbons (Fsp3) is 0.0667. The maximum Gasteiger partial charge on any atom is 0.190 e. The predicted octanol–water partition coefficient (Wildman–Crippen LogP) is 4.06. The molecule has 1 radical (unpaired) electrons. The van der Waals surface area contributed by atoms with Crippen LogP contribution in [0, 0.1) is 0 Å². The third-order valence-electron chi connectivity index (χ3n) is 2.41. The molecule has 2 aromatic rings. The molecule has 0 saturated carbocycles. The first kappa shape index (κ1) is 11.3. The van der Waals surface area contributed by atoms with Crippen LogP contribution in [0.15, 0.2) is 61.2 Å². The number of benzene rings is 2. The summed E-state index contributed by atoms with van der Waals surface area (Å²) in [6, 6.07) is 14.6. The Bertz CT molecular complexity index is 504. The smallest absolute Gasteiger partial charge is 0.190 e. The Hall–Kier alpha value is -2.22. The minimum Gasteiger partial charge on any atom is -0.489 e. The minimum absolute atomic E-state index is 0.0298. The van der Waals surface area contributed by atoms with E-state index < -0.39 is 0 Å². The molecule has 2 nitrogen and oxygen atoms in total. The molecule has 2 aromatic carbocycles. The summed E-state index contributed by atoms with van der Waals surface area (Å²) < 4.78 is 5.50. The molecular weight excluding hydrogens is 212 g/mol. The SMILES string of the molecule is C=CCOc1cccc([O])c1-c1ccccc1. The van der Waals surface area contributed by atoms with Crippen LogP contribution in [0.2, 0.25) is 0 Å². The van der Waals surface area contributed by atoms with Gasteiger partial charge in [-0.3, -0.25) is 5.11 Å². The van der Waals surface area contributed by atoms with Crippen LogP contribution in [0.1, 0.15) is 0 Å². The number of ether oxygens (including phenoxy) is 1. The third kappa shape index (κ3) is 2.48. The normalized spacial score (nSPS) is 9.88.